The molecule has 96 valence electrons. The van der Waals surface area contributed by atoms with Crippen LogP contribution in [0.5, 0.6) is 0 Å². The predicted molar refractivity (Wildman–Crippen MR) is 66.8 cm³/mol. The first-order valence-electron chi connectivity index (χ1n) is 5.35. The van der Waals surface area contributed by atoms with Gasteiger partial charge >= 0.3 is 0 Å². The zero-order valence-corrected chi connectivity index (χ0v) is 11.4. The smallest absolute Gasteiger partial charge is 0.250 e. The zero-order valence-electron chi connectivity index (χ0n) is 9.76. The van der Waals surface area contributed by atoms with E-state index < -0.39 is 10.0 Å². The van der Waals surface area contributed by atoms with Gasteiger partial charge in [-0.15, -0.1) is 11.3 Å². The van der Waals surface area contributed by atoms with Gasteiger partial charge in [0.05, 0.1) is 12.1 Å². The van der Waals surface area contributed by atoms with E-state index in [1.165, 1.54) is 11.3 Å². The highest BCUT2D eigenvalue weighted by atomic mass is 32.2. The molecule has 0 amide bonds. The van der Waals surface area contributed by atoms with Gasteiger partial charge in [-0.3, -0.25) is 0 Å². The average molecular weight is 276 g/mol. The fraction of sp³-hybridized carbons (Fsp3) is 0.600. The molecule has 0 spiro atoms. The van der Waals surface area contributed by atoms with E-state index in [0.717, 1.165) is 4.88 Å². The normalized spacial score (nSPS) is 25.3. The summed E-state index contributed by atoms with van der Waals surface area (Å²) in [5.74, 6) is 0. The number of nitrogens with one attached hydrogen (secondary N) is 2. The first kappa shape index (κ1) is 13.0. The summed E-state index contributed by atoms with van der Waals surface area (Å²) in [7, 11) is -1.83. The maximum Gasteiger partial charge on any atom is 0.250 e. The van der Waals surface area contributed by atoms with E-state index in [9.17, 15) is 8.42 Å². The number of sulfonamides is 1. The molecule has 2 rings (SSSR count). The minimum atomic E-state index is -3.42. The number of aryl methyl sites for hydroxylation is 1. The standard InChI is InChI=1S/C10H16N2O3S2/c1-7-3-4-10(16-7)17(13,14)12-8-5-11-6-9(8)15-2/h3-4,8-9,11-12H,5-6H2,1-2H3/t8?,9-/m0/s1. The molecule has 2 heterocycles. The van der Waals surface area contributed by atoms with Gasteiger partial charge in [0.25, 0.3) is 0 Å². The molecule has 1 fully saturated rings. The van der Waals surface area contributed by atoms with Gasteiger partial charge < -0.3 is 10.1 Å². The Morgan fingerprint density at radius 1 is 1.47 bits per heavy atom. The summed E-state index contributed by atoms with van der Waals surface area (Å²) < 4.78 is 32.4. The first-order chi connectivity index (χ1) is 8.03. The van der Waals surface area contributed by atoms with Gasteiger partial charge in [-0.2, -0.15) is 0 Å². The van der Waals surface area contributed by atoms with Crippen molar-refractivity contribution >= 4 is 21.4 Å². The van der Waals surface area contributed by atoms with Crippen LogP contribution < -0.4 is 10.0 Å². The number of methoxy groups -OCH3 is 1. The van der Waals surface area contributed by atoms with E-state index in [0.29, 0.717) is 17.3 Å². The lowest BCUT2D eigenvalue weighted by atomic mass is 10.2. The van der Waals surface area contributed by atoms with Gasteiger partial charge in [-0.05, 0) is 19.1 Å². The molecule has 0 radical (unpaired) electrons. The lowest BCUT2D eigenvalue weighted by molar-refractivity contribution is 0.103. The summed E-state index contributed by atoms with van der Waals surface area (Å²) in [5.41, 5.74) is 0. The second kappa shape index (κ2) is 5.03. The van der Waals surface area contributed by atoms with Crippen molar-refractivity contribution in [1.29, 1.82) is 0 Å². The molecule has 1 unspecified atom stereocenters. The molecule has 7 heteroatoms. The first-order valence-corrected chi connectivity index (χ1v) is 7.65. The molecule has 5 nitrogen and oxygen atoms in total. The van der Waals surface area contributed by atoms with Crippen molar-refractivity contribution in [2.45, 2.75) is 23.3 Å². The van der Waals surface area contributed by atoms with Crippen molar-refractivity contribution < 1.29 is 13.2 Å². The van der Waals surface area contributed by atoms with Crippen LogP contribution >= 0.6 is 11.3 Å². The Bertz CT molecular complexity index is 483. The fourth-order valence-electron chi connectivity index (χ4n) is 1.83. The monoisotopic (exact) mass is 276 g/mol. The van der Waals surface area contributed by atoms with Crippen LogP contribution in [0, 0.1) is 6.92 Å². The van der Waals surface area contributed by atoms with Crippen LogP contribution in [0.4, 0.5) is 0 Å². The number of thiophene rings is 1. The minimum Gasteiger partial charge on any atom is -0.378 e. The predicted octanol–water partition coefficient (Wildman–Crippen LogP) is 0.322. The Hall–Kier alpha value is -0.470. The summed E-state index contributed by atoms with van der Waals surface area (Å²) in [5, 5.41) is 3.10. The Kier molecular flexibility index (Phi) is 3.84. The SMILES string of the molecule is CO[C@H]1CNCC1NS(=O)(=O)c1ccc(C)s1. The second-order valence-electron chi connectivity index (χ2n) is 4.03. The van der Waals surface area contributed by atoms with Crippen LogP contribution in [0.2, 0.25) is 0 Å². The van der Waals surface area contributed by atoms with Gasteiger partial charge in [-0.25, -0.2) is 13.1 Å². The number of ether oxygens (including phenoxy) is 1. The summed E-state index contributed by atoms with van der Waals surface area (Å²) in [6, 6.07) is 3.24. The van der Waals surface area contributed by atoms with Crippen molar-refractivity contribution in [3.8, 4) is 0 Å². The topological polar surface area (TPSA) is 67.4 Å². The third-order valence-corrected chi connectivity index (χ3v) is 5.73. The molecule has 1 aliphatic heterocycles. The number of rotatable bonds is 4. The molecule has 0 saturated carbocycles. The Morgan fingerprint density at radius 2 is 2.24 bits per heavy atom. The summed E-state index contributed by atoms with van der Waals surface area (Å²) in [4.78, 5) is 0.984. The molecule has 17 heavy (non-hydrogen) atoms. The van der Waals surface area contributed by atoms with Crippen molar-refractivity contribution in [3.05, 3.63) is 17.0 Å². The molecule has 1 aromatic rings. The summed E-state index contributed by atoms with van der Waals surface area (Å²) in [6.45, 7) is 3.16. The quantitative estimate of drug-likeness (QED) is 0.831. The molecule has 1 aliphatic rings. The van der Waals surface area contributed by atoms with E-state index in [1.54, 1.807) is 19.2 Å². The van der Waals surface area contributed by atoms with Crippen molar-refractivity contribution in [2.75, 3.05) is 20.2 Å². The Labute approximate surface area is 105 Å². The molecule has 0 aromatic carbocycles. The average Bonchev–Trinajstić information content (AvgIpc) is 2.86. The molecular weight excluding hydrogens is 260 g/mol. The summed E-state index contributed by atoms with van der Waals surface area (Å²) >= 11 is 1.28. The highest BCUT2D eigenvalue weighted by Crippen LogP contribution is 2.21. The van der Waals surface area contributed by atoms with E-state index in [1.807, 2.05) is 6.92 Å². The van der Waals surface area contributed by atoms with Crippen molar-refractivity contribution in [1.82, 2.24) is 10.0 Å². The van der Waals surface area contributed by atoms with Gasteiger partial charge in [0.15, 0.2) is 0 Å². The van der Waals surface area contributed by atoms with Gasteiger partial charge in [-0.1, -0.05) is 0 Å². The van der Waals surface area contributed by atoms with E-state index >= 15 is 0 Å². The number of hydrogen-bond donors (Lipinski definition) is 2. The van der Waals surface area contributed by atoms with Crippen LogP contribution in [0.3, 0.4) is 0 Å². The Morgan fingerprint density at radius 3 is 2.82 bits per heavy atom. The lowest BCUT2D eigenvalue weighted by Gasteiger charge is -2.17. The van der Waals surface area contributed by atoms with Crippen LogP contribution in [-0.2, 0) is 14.8 Å². The van der Waals surface area contributed by atoms with Crippen LogP contribution in [-0.4, -0.2) is 40.8 Å². The highest BCUT2D eigenvalue weighted by Gasteiger charge is 2.31. The maximum absolute atomic E-state index is 12.1. The molecule has 0 bridgehead atoms. The fourth-order valence-corrected chi connectivity index (χ4v) is 4.40. The summed E-state index contributed by atoms with van der Waals surface area (Å²) in [6.07, 6.45) is -0.106. The third kappa shape index (κ3) is 2.86. The highest BCUT2D eigenvalue weighted by molar-refractivity contribution is 7.91. The van der Waals surface area contributed by atoms with Gasteiger partial charge in [0.2, 0.25) is 10.0 Å². The largest absolute Gasteiger partial charge is 0.378 e. The van der Waals surface area contributed by atoms with E-state index in [2.05, 4.69) is 10.0 Å². The minimum absolute atomic E-state index is 0.106. The molecular formula is C10H16N2O3S2. The van der Waals surface area contributed by atoms with Gasteiger partial charge in [0.1, 0.15) is 4.21 Å². The zero-order chi connectivity index (χ0) is 12.5. The Balaban J connectivity index is 2.12. The molecule has 0 aliphatic carbocycles. The third-order valence-electron chi connectivity index (χ3n) is 2.75. The van der Waals surface area contributed by atoms with Crippen LogP contribution in [0.25, 0.3) is 0 Å². The molecule has 1 aromatic heterocycles. The number of hydrogen-bond acceptors (Lipinski definition) is 5. The molecule has 2 N–H and O–H groups in total. The lowest BCUT2D eigenvalue weighted by Crippen LogP contribution is -2.43. The van der Waals surface area contributed by atoms with E-state index in [-0.39, 0.29) is 12.1 Å². The molecule has 1 saturated heterocycles. The van der Waals surface area contributed by atoms with Crippen molar-refractivity contribution in [3.63, 3.8) is 0 Å². The van der Waals surface area contributed by atoms with Crippen LogP contribution in [0.1, 0.15) is 4.88 Å². The van der Waals surface area contributed by atoms with E-state index in [4.69, 9.17) is 4.74 Å². The second-order valence-corrected chi connectivity index (χ2v) is 7.25. The van der Waals surface area contributed by atoms with Gasteiger partial charge in [0, 0.05) is 25.1 Å². The maximum atomic E-state index is 12.1. The molecule has 2 atom stereocenters. The van der Waals surface area contributed by atoms with Crippen LogP contribution in [0.15, 0.2) is 16.3 Å². The van der Waals surface area contributed by atoms with Crippen molar-refractivity contribution in [2.24, 2.45) is 0 Å².